The second-order valence-electron chi connectivity index (χ2n) is 15.0. The maximum absolute atomic E-state index is 12.8. The Hall–Kier alpha value is -1.40. The molecule has 0 radical (unpaired) electrons. The molecule has 4 fully saturated rings. The highest BCUT2D eigenvalue weighted by Crippen LogP contribution is 2.75. The third-order valence-electron chi connectivity index (χ3n) is 13.1. The number of hydrogen-bond acceptors (Lipinski definition) is 4. The van der Waals surface area contributed by atoms with Crippen molar-refractivity contribution in [3.05, 3.63) is 11.6 Å². The van der Waals surface area contributed by atoms with E-state index in [1.807, 2.05) is 0 Å². The highest BCUT2D eigenvalue weighted by molar-refractivity contribution is 5.77. The van der Waals surface area contributed by atoms with Crippen LogP contribution in [-0.4, -0.2) is 44.6 Å². The van der Waals surface area contributed by atoms with Crippen molar-refractivity contribution in [3.8, 4) is 0 Å². The summed E-state index contributed by atoms with van der Waals surface area (Å²) in [6, 6.07) is 0. The first-order valence-corrected chi connectivity index (χ1v) is 14.0. The molecular formula is C30H46O6. The molecule has 5 aliphatic carbocycles. The van der Waals surface area contributed by atoms with Crippen LogP contribution >= 0.6 is 0 Å². The average Bonchev–Trinajstić information content (AvgIpc) is 2.77. The molecule has 0 saturated heterocycles. The van der Waals surface area contributed by atoms with Crippen LogP contribution in [0.25, 0.3) is 0 Å². The van der Waals surface area contributed by atoms with Gasteiger partial charge in [0.1, 0.15) is 0 Å². The fraction of sp³-hybridized carbons (Fsp3) is 0.867. The third kappa shape index (κ3) is 2.98. The number of carbonyl (C=O) groups is 2. The highest BCUT2D eigenvalue weighted by Gasteiger charge is 2.71. The Kier molecular flexibility index (Phi) is 5.53. The van der Waals surface area contributed by atoms with Crippen molar-refractivity contribution in [2.24, 2.45) is 50.2 Å². The molecule has 10 atom stereocenters. The monoisotopic (exact) mass is 502 g/mol. The maximum atomic E-state index is 12.8. The molecule has 36 heavy (non-hydrogen) atoms. The van der Waals surface area contributed by atoms with Gasteiger partial charge in [-0.1, -0.05) is 46.3 Å². The molecule has 5 aliphatic rings. The zero-order valence-electron chi connectivity index (χ0n) is 22.9. The Balaban J connectivity index is 1.62. The number of hydrogen-bond donors (Lipinski definition) is 4. The molecule has 5 rings (SSSR count). The molecule has 0 bridgehead atoms. The Morgan fingerprint density at radius 1 is 0.833 bits per heavy atom. The quantitative estimate of drug-likeness (QED) is 0.383. The molecule has 0 heterocycles. The summed E-state index contributed by atoms with van der Waals surface area (Å²) in [5.41, 5.74) is -1.36. The van der Waals surface area contributed by atoms with Gasteiger partial charge in [0.2, 0.25) is 0 Å². The van der Waals surface area contributed by atoms with Crippen molar-refractivity contribution in [1.82, 2.24) is 0 Å². The third-order valence-corrected chi connectivity index (χ3v) is 13.1. The lowest BCUT2D eigenvalue weighted by atomic mass is 9.33. The summed E-state index contributed by atoms with van der Waals surface area (Å²) in [6.45, 7) is 13.0. The van der Waals surface area contributed by atoms with Crippen molar-refractivity contribution in [3.63, 3.8) is 0 Å². The highest BCUT2D eigenvalue weighted by atomic mass is 16.4. The summed E-state index contributed by atoms with van der Waals surface area (Å²) >= 11 is 0. The van der Waals surface area contributed by atoms with Crippen LogP contribution in [0.15, 0.2) is 11.6 Å². The zero-order chi connectivity index (χ0) is 26.7. The summed E-state index contributed by atoms with van der Waals surface area (Å²) < 4.78 is 0. The van der Waals surface area contributed by atoms with Crippen LogP contribution in [0.3, 0.4) is 0 Å². The molecule has 0 aliphatic heterocycles. The predicted molar refractivity (Wildman–Crippen MR) is 136 cm³/mol. The number of aliphatic hydroxyl groups is 2. The van der Waals surface area contributed by atoms with Crippen LogP contribution in [0, 0.1) is 50.2 Å². The van der Waals surface area contributed by atoms with Crippen molar-refractivity contribution in [2.75, 3.05) is 0 Å². The minimum absolute atomic E-state index is 0.0314. The molecule has 0 aromatic carbocycles. The number of aliphatic carboxylic acids is 2. The molecule has 0 aromatic heterocycles. The Bertz CT molecular complexity index is 1020. The lowest BCUT2D eigenvalue weighted by molar-refractivity contribution is -0.239. The van der Waals surface area contributed by atoms with Crippen LogP contribution in [-0.2, 0) is 9.59 Å². The lowest BCUT2D eigenvalue weighted by Gasteiger charge is -2.71. The van der Waals surface area contributed by atoms with E-state index in [9.17, 15) is 30.0 Å². The van der Waals surface area contributed by atoms with Crippen molar-refractivity contribution in [2.45, 2.75) is 112 Å². The Morgan fingerprint density at radius 2 is 1.47 bits per heavy atom. The summed E-state index contributed by atoms with van der Waals surface area (Å²) in [5, 5.41) is 42.6. The minimum atomic E-state index is -1.39. The molecule has 6 nitrogen and oxygen atoms in total. The van der Waals surface area contributed by atoms with Gasteiger partial charge in [0, 0.05) is 0 Å². The number of fused-ring (bicyclic) bond motifs is 7. The molecule has 4 N–H and O–H groups in total. The Morgan fingerprint density at radius 3 is 2.08 bits per heavy atom. The van der Waals surface area contributed by atoms with Gasteiger partial charge >= 0.3 is 11.9 Å². The number of carboxylic acid groups (broad SMARTS) is 2. The van der Waals surface area contributed by atoms with Crippen molar-refractivity contribution >= 4 is 11.9 Å². The summed E-state index contributed by atoms with van der Waals surface area (Å²) in [6.07, 6.45) is 6.80. The van der Waals surface area contributed by atoms with E-state index >= 15 is 0 Å². The summed E-state index contributed by atoms with van der Waals surface area (Å²) in [7, 11) is 0. The van der Waals surface area contributed by atoms with Gasteiger partial charge in [0.15, 0.2) is 0 Å². The Labute approximate surface area is 215 Å². The number of rotatable bonds is 2. The first-order chi connectivity index (χ1) is 16.5. The molecule has 0 spiro atoms. The summed E-state index contributed by atoms with van der Waals surface area (Å²) in [5.74, 6) is -1.71. The topological polar surface area (TPSA) is 115 Å². The molecule has 202 valence electrons. The van der Waals surface area contributed by atoms with Crippen LogP contribution in [0.2, 0.25) is 0 Å². The number of carboxylic acids is 2. The average molecular weight is 503 g/mol. The largest absolute Gasteiger partial charge is 0.481 e. The fourth-order valence-electron chi connectivity index (χ4n) is 10.7. The van der Waals surface area contributed by atoms with Crippen molar-refractivity contribution < 1.29 is 30.0 Å². The number of allylic oxidation sites excluding steroid dienone is 2. The SMILES string of the molecule is CC1(C)CC[C@]2(C(=O)O)CC[C@]3(C)C(=CC[C@@H]4[C@@]5(C)C[C@@H](O)[C@H](O)[C@](C)(C(=O)O)[C@@H]5CC[C@]43C)[C@@H]2C1. The van der Waals surface area contributed by atoms with Gasteiger partial charge in [0.25, 0.3) is 0 Å². The van der Waals surface area contributed by atoms with Gasteiger partial charge in [-0.3, -0.25) is 9.59 Å². The van der Waals surface area contributed by atoms with Gasteiger partial charge in [-0.15, -0.1) is 0 Å². The second-order valence-corrected chi connectivity index (χ2v) is 15.0. The van der Waals surface area contributed by atoms with Gasteiger partial charge in [-0.05, 0) is 104 Å². The van der Waals surface area contributed by atoms with Gasteiger partial charge in [-0.25, -0.2) is 0 Å². The lowest BCUT2D eigenvalue weighted by Crippen LogP contribution is -2.68. The van der Waals surface area contributed by atoms with Crippen LogP contribution in [0.1, 0.15) is 99.3 Å². The van der Waals surface area contributed by atoms with E-state index in [2.05, 4.69) is 40.7 Å². The van der Waals surface area contributed by atoms with E-state index in [-0.39, 0.29) is 34.0 Å². The molecule has 0 amide bonds. The molecule has 0 unspecified atom stereocenters. The van der Waals surface area contributed by atoms with E-state index in [0.29, 0.717) is 19.3 Å². The normalized spacial score (nSPS) is 53.7. The van der Waals surface area contributed by atoms with Gasteiger partial charge in [-0.2, -0.15) is 0 Å². The maximum Gasteiger partial charge on any atom is 0.312 e. The summed E-state index contributed by atoms with van der Waals surface area (Å²) in [4.78, 5) is 25.3. The first kappa shape index (κ1) is 26.2. The molecule has 0 aromatic rings. The standard InChI is InChI=1S/C30H46O6/c1-25(2)11-13-30(24(35)36)14-12-27(4)17(18(30)15-25)7-8-20-26(3)16-19(31)22(32)29(6,23(33)34)21(26)9-10-28(20,27)5/h7,18-22,31-32H,8-16H2,1-6H3,(H,33,34)(H,35,36)/t18-,19+,20+,21+,22-,26+,27+,28+,29+,30-/m0/s1. The first-order valence-electron chi connectivity index (χ1n) is 14.0. The number of aliphatic hydroxyl groups excluding tert-OH is 2. The van der Waals surface area contributed by atoms with Gasteiger partial charge in [0.05, 0.1) is 23.0 Å². The smallest absolute Gasteiger partial charge is 0.312 e. The van der Waals surface area contributed by atoms with E-state index in [1.54, 1.807) is 6.92 Å². The van der Waals surface area contributed by atoms with Crippen LogP contribution in [0.5, 0.6) is 0 Å². The molecule has 4 saturated carbocycles. The van der Waals surface area contributed by atoms with Gasteiger partial charge < -0.3 is 20.4 Å². The van der Waals surface area contributed by atoms with E-state index in [0.717, 1.165) is 38.5 Å². The zero-order valence-corrected chi connectivity index (χ0v) is 22.9. The second kappa shape index (κ2) is 7.59. The van der Waals surface area contributed by atoms with Crippen molar-refractivity contribution in [1.29, 1.82) is 0 Å². The van der Waals surface area contributed by atoms with E-state index < -0.39 is 40.4 Å². The van der Waals surface area contributed by atoms with E-state index in [1.165, 1.54) is 5.57 Å². The molecular weight excluding hydrogens is 456 g/mol. The van der Waals surface area contributed by atoms with Crippen LogP contribution < -0.4 is 0 Å². The van der Waals surface area contributed by atoms with Crippen LogP contribution in [0.4, 0.5) is 0 Å². The fourth-order valence-corrected chi connectivity index (χ4v) is 10.7. The minimum Gasteiger partial charge on any atom is -0.481 e. The predicted octanol–water partition coefficient (Wildman–Crippen LogP) is 5.27. The van der Waals surface area contributed by atoms with E-state index in [4.69, 9.17) is 0 Å². The molecule has 6 heteroatoms.